The zero-order valence-electron chi connectivity index (χ0n) is 10.8. The SMILES string of the molecule is Cc1ccccc1CC(=O)NCc1ccccc1Cl. The molecule has 0 aromatic heterocycles. The summed E-state index contributed by atoms with van der Waals surface area (Å²) in [5, 5.41) is 3.57. The number of aryl methyl sites for hydroxylation is 1. The van der Waals surface area contributed by atoms with Crippen molar-refractivity contribution < 1.29 is 4.79 Å². The highest BCUT2D eigenvalue weighted by Gasteiger charge is 2.06. The van der Waals surface area contributed by atoms with Crippen LogP contribution in [0.1, 0.15) is 16.7 Å². The fourth-order valence-corrected chi connectivity index (χ4v) is 2.08. The number of nitrogens with one attached hydrogen (secondary N) is 1. The molecule has 2 rings (SSSR count). The molecule has 2 nitrogen and oxygen atoms in total. The molecule has 0 radical (unpaired) electrons. The number of benzene rings is 2. The highest BCUT2D eigenvalue weighted by atomic mass is 35.5. The smallest absolute Gasteiger partial charge is 0.224 e. The van der Waals surface area contributed by atoms with Crippen LogP contribution in [0.15, 0.2) is 48.5 Å². The first-order valence-corrected chi connectivity index (χ1v) is 6.59. The second kappa shape index (κ2) is 6.39. The molecule has 19 heavy (non-hydrogen) atoms. The van der Waals surface area contributed by atoms with Crippen molar-refractivity contribution in [2.24, 2.45) is 0 Å². The van der Waals surface area contributed by atoms with Gasteiger partial charge in [0.2, 0.25) is 5.91 Å². The van der Waals surface area contributed by atoms with Crippen LogP contribution < -0.4 is 5.32 Å². The summed E-state index contributed by atoms with van der Waals surface area (Å²) in [7, 11) is 0. The van der Waals surface area contributed by atoms with Crippen LogP contribution in [0.2, 0.25) is 5.02 Å². The molecule has 2 aromatic carbocycles. The second-order valence-electron chi connectivity index (χ2n) is 4.47. The molecule has 1 amide bonds. The van der Waals surface area contributed by atoms with Gasteiger partial charge >= 0.3 is 0 Å². The van der Waals surface area contributed by atoms with E-state index in [-0.39, 0.29) is 5.91 Å². The van der Waals surface area contributed by atoms with Crippen LogP contribution >= 0.6 is 11.6 Å². The summed E-state index contributed by atoms with van der Waals surface area (Å²) in [4.78, 5) is 11.9. The van der Waals surface area contributed by atoms with E-state index in [9.17, 15) is 4.79 Å². The van der Waals surface area contributed by atoms with Crippen molar-refractivity contribution in [2.75, 3.05) is 0 Å². The summed E-state index contributed by atoms with van der Waals surface area (Å²) in [6.45, 7) is 2.47. The van der Waals surface area contributed by atoms with Crippen molar-refractivity contribution in [1.29, 1.82) is 0 Å². The quantitative estimate of drug-likeness (QED) is 0.907. The van der Waals surface area contributed by atoms with Gasteiger partial charge in [-0.15, -0.1) is 0 Å². The zero-order valence-corrected chi connectivity index (χ0v) is 11.6. The monoisotopic (exact) mass is 273 g/mol. The average molecular weight is 274 g/mol. The Morgan fingerprint density at radius 3 is 2.37 bits per heavy atom. The lowest BCUT2D eigenvalue weighted by atomic mass is 10.1. The maximum atomic E-state index is 11.9. The van der Waals surface area contributed by atoms with Gasteiger partial charge < -0.3 is 5.32 Å². The van der Waals surface area contributed by atoms with Gasteiger partial charge in [0.05, 0.1) is 6.42 Å². The first kappa shape index (κ1) is 13.6. The Labute approximate surface area is 118 Å². The van der Waals surface area contributed by atoms with Crippen LogP contribution in [-0.4, -0.2) is 5.91 Å². The van der Waals surface area contributed by atoms with Crippen molar-refractivity contribution >= 4 is 17.5 Å². The number of rotatable bonds is 4. The number of amides is 1. The molecule has 0 aliphatic carbocycles. The van der Waals surface area contributed by atoms with E-state index < -0.39 is 0 Å². The van der Waals surface area contributed by atoms with E-state index >= 15 is 0 Å². The molecular formula is C16H16ClNO. The van der Waals surface area contributed by atoms with Gasteiger partial charge in [0.15, 0.2) is 0 Å². The predicted molar refractivity (Wildman–Crippen MR) is 78.2 cm³/mol. The van der Waals surface area contributed by atoms with Gasteiger partial charge in [-0.3, -0.25) is 4.79 Å². The Morgan fingerprint density at radius 2 is 1.68 bits per heavy atom. The third-order valence-electron chi connectivity index (χ3n) is 3.05. The van der Waals surface area contributed by atoms with Gasteiger partial charge in [-0.25, -0.2) is 0 Å². The Morgan fingerprint density at radius 1 is 1.05 bits per heavy atom. The third-order valence-corrected chi connectivity index (χ3v) is 3.41. The van der Waals surface area contributed by atoms with E-state index in [0.29, 0.717) is 18.0 Å². The highest BCUT2D eigenvalue weighted by molar-refractivity contribution is 6.31. The lowest BCUT2D eigenvalue weighted by Gasteiger charge is -2.08. The minimum Gasteiger partial charge on any atom is -0.352 e. The summed E-state index contributed by atoms with van der Waals surface area (Å²) < 4.78 is 0. The summed E-state index contributed by atoms with van der Waals surface area (Å²) in [6, 6.07) is 15.4. The van der Waals surface area contributed by atoms with Gasteiger partial charge in [-0.2, -0.15) is 0 Å². The van der Waals surface area contributed by atoms with Gasteiger partial charge in [-0.1, -0.05) is 54.1 Å². The third kappa shape index (κ3) is 3.83. The molecule has 0 saturated carbocycles. The zero-order chi connectivity index (χ0) is 13.7. The van der Waals surface area contributed by atoms with E-state index in [4.69, 9.17) is 11.6 Å². The van der Waals surface area contributed by atoms with Gasteiger partial charge in [0.25, 0.3) is 0 Å². The van der Waals surface area contributed by atoms with Crippen molar-refractivity contribution in [3.05, 3.63) is 70.2 Å². The number of halogens is 1. The molecule has 0 bridgehead atoms. The first-order chi connectivity index (χ1) is 9.16. The Balaban J connectivity index is 1.92. The number of hydrogen-bond donors (Lipinski definition) is 1. The molecule has 0 heterocycles. The molecule has 0 spiro atoms. The van der Waals surface area contributed by atoms with Gasteiger partial charge in [-0.05, 0) is 29.7 Å². The fourth-order valence-electron chi connectivity index (χ4n) is 1.88. The highest BCUT2D eigenvalue weighted by Crippen LogP contribution is 2.14. The fraction of sp³-hybridized carbons (Fsp3) is 0.188. The van der Waals surface area contributed by atoms with E-state index in [0.717, 1.165) is 16.7 Å². The van der Waals surface area contributed by atoms with Crippen LogP contribution in [0.25, 0.3) is 0 Å². The summed E-state index contributed by atoms with van der Waals surface area (Å²) in [5.74, 6) is 0.00854. The van der Waals surface area contributed by atoms with Crippen LogP contribution in [0.4, 0.5) is 0 Å². The van der Waals surface area contributed by atoms with Crippen molar-refractivity contribution in [3.8, 4) is 0 Å². The first-order valence-electron chi connectivity index (χ1n) is 6.21. The lowest BCUT2D eigenvalue weighted by Crippen LogP contribution is -2.24. The normalized spacial score (nSPS) is 10.2. The second-order valence-corrected chi connectivity index (χ2v) is 4.88. The molecule has 0 saturated heterocycles. The Hall–Kier alpha value is -1.80. The Bertz CT molecular complexity index is 580. The van der Waals surface area contributed by atoms with E-state index in [1.54, 1.807) is 0 Å². The summed E-state index contributed by atoms with van der Waals surface area (Å²) in [6.07, 6.45) is 0.400. The summed E-state index contributed by atoms with van der Waals surface area (Å²) in [5.41, 5.74) is 3.12. The number of hydrogen-bond acceptors (Lipinski definition) is 1. The number of carbonyl (C=O) groups is 1. The van der Waals surface area contributed by atoms with Crippen molar-refractivity contribution in [2.45, 2.75) is 19.9 Å². The Kier molecular flexibility index (Phi) is 4.58. The molecule has 1 N–H and O–H groups in total. The van der Waals surface area contributed by atoms with Crippen molar-refractivity contribution in [1.82, 2.24) is 5.32 Å². The summed E-state index contributed by atoms with van der Waals surface area (Å²) >= 11 is 6.04. The molecule has 0 aliphatic rings. The van der Waals surface area contributed by atoms with Crippen LogP contribution in [0.5, 0.6) is 0 Å². The topological polar surface area (TPSA) is 29.1 Å². The van der Waals surface area contributed by atoms with Crippen molar-refractivity contribution in [3.63, 3.8) is 0 Å². The minimum atomic E-state index is 0.00854. The van der Waals surface area contributed by atoms with Crippen LogP contribution in [0, 0.1) is 6.92 Å². The van der Waals surface area contributed by atoms with Crippen LogP contribution in [0.3, 0.4) is 0 Å². The average Bonchev–Trinajstić information content (AvgIpc) is 2.40. The molecule has 2 aromatic rings. The lowest BCUT2D eigenvalue weighted by molar-refractivity contribution is -0.120. The van der Waals surface area contributed by atoms with E-state index in [1.807, 2.05) is 55.5 Å². The van der Waals surface area contributed by atoms with Crippen LogP contribution in [-0.2, 0) is 17.8 Å². The van der Waals surface area contributed by atoms with Gasteiger partial charge in [0.1, 0.15) is 0 Å². The van der Waals surface area contributed by atoms with Gasteiger partial charge in [0, 0.05) is 11.6 Å². The largest absolute Gasteiger partial charge is 0.352 e. The molecule has 98 valence electrons. The maximum Gasteiger partial charge on any atom is 0.224 e. The molecule has 0 atom stereocenters. The molecular weight excluding hydrogens is 258 g/mol. The van der Waals surface area contributed by atoms with E-state index in [2.05, 4.69) is 5.32 Å². The number of carbonyl (C=O) groups excluding carboxylic acids is 1. The molecule has 3 heteroatoms. The molecule has 0 fully saturated rings. The predicted octanol–water partition coefficient (Wildman–Crippen LogP) is 3.51. The molecule has 0 aliphatic heterocycles. The molecule has 0 unspecified atom stereocenters. The van der Waals surface area contributed by atoms with E-state index in [1.165, 1.54) is 0 Å². The standard InChI is InChI=1S/C16H16ClNO/c1-12-6-2-3-7-13(12)10-16(19)18-11-14-8-4-5-9-15(14)17/h2-9H,10-11H2,1H3,(H,18,19). The minimum absolute atomic E-state index is 0.00854. The maximum absolute atomic E-state index is 11.9.